The Morgan fingerprint density at radius 1 is 1.07 bits per heavy atom. The second-order valence-electron chi connectivity index (χ2n) is 7.28. The molecule has 148 valence electrons. The van der Waals surface area contributed by atoms with Crippen LogP contribution in [0.3, 0.4) is 0 Å². The van der Waals surface area contributed by atoms with Gasteiger partial charge in [0, 0.05) is 26.6 Å². The zero-order valence-corrected chi connectivity index (χ0v) is 16.5. The molecule has 1 atom stereocenters. The fourth-order valence-corrected chi connectivity index (χ4v) is 2.79. The molecule has 0 amide bonds. The normalized spacial score (nSPS) is 12.3. The third-order valence-electron chi connectivity index (χ3n) is 4.42. The number of hydrogen-bond acceptors (Lipinski definition) is 3. The molecule has 0 saturated heterocycles. The van der Waals surface area contributed by atoms with Gasteiger partial charge in [-0.05, 0) is 25.0 Å². The minimum Gasteiger partial charge on any atom is -0.421 e. The first-order valence-electron chi connectivity index (χ1n) is 9.18. The molecule has 5 nitrogen and oxygen atoms in total. The minimum absolute atomic E-state index is 0.0907. The highest BCUT2D eigenvalue weighted by molar-refractivity contribution is 6.32. The molecule has 0 aliphatic carbocycles. The van der Waals surface area contributed by atoms with Gasteiger partial charge in [-0.25, -0.2) is 4.39 Å². The van der Waals surface area contributed by atoms with Crippen molar-refractivity contribution in [1.29, 1.82) is 0 Å². The minimum atomic E-state index is -1.42. The van der Waals surface area contributed by atoms with Crippen LogP contribution in [0.5, 0.6) is 0 Å². The van der Waals surface area contributed by atoms with E-state index >= 15 is 4.39 Å². The lowest BCUT2D eigenvalue weighted by Gasteiger charge is -2.32. The van der Waals surface area contributed by atoms with Crippen LogP contribution in [0.1, 0.15) is 31.9 Å². The maximum atomic E-state index is 15.2. The zero-order valence-electron chi connectivity index (χ0n) is 16.5. The summed E-state index contributed by atoms with van der Waals surface area (Å²) in [5, 5.41) is 0. The number of benzene rings is 2. The quantitative estimate of drug-likeness (QED) is 0.284. The summed E-state index contributed by atoms with van der Waals surface area (Å²) in [5.41, 5.74) is 9.74. The van der Waals surface area contributed by atoms with Gasteiger partial charge in [-0.2, -0.15) is 0 Å². The van der Waals surface area contributed by atoms with Gasteiger partial charge in [0.25, 0.3) is 5.78 Å². The van der Waals surface area contributed by atoms with E-state index in [0.29, 0.717) is 13.1 Å². The molecular weight excluding hydrogens is 357 g/mol. The fourth-order valence-electron chi connectivity index (χ4n) is 2.79. The van der Waals surface area contributed by atoms with E-state index in [9.17, 15) is 4.79 Å². The van der Waals surface area contributed by atoms with Gasteiger partial charge in [0.2, 0.25) is 0 Å². The van der Waals surface area contributed by atoms with E-state index in [4.69, 9.17) is 10.3 Å². The summed E-state index contributed by atoms with van der Waals surface area (Å²) < 4.78 is 20.5. The Kier molecular flexibility index (Phi) is 7.61. The highest BCUT2D eigenvalue weighted by atomic mass is 19.1. The lowest BCUT2D eigenvalue weighted by atomic mass is 10.0. The van der Waals surface area contributed by atoms with E-state index in [2.05, 4.69) is 4.79 Å². The molecule has 0 N–H and O–H groups in total. The second kappa shape index (κ2) is 9.93. The Balaban J connectivity index is 2.15. The maximum absolute atomic E-state index is 15.2. The second-order valence-corrected chi connectivity index (χ2v) is 7.28. The third-order valence-corrected chi connectivity index (χ3v) is 4.42. The van der Waals surface area contributed by atoms with Crippen LogP contribution in [0.4, 0.5) is 4.39 Å². The number of alkyl halides is 1. The SMILES string of the molecule is CC(=O)C(=[N+]=[N-])OC(C)(C)[C@@H](F)CN(Cc1ccccc1)Cc1ccccc1. The number of ketones is 1. The summed E-state index contributed by atoms with van der Waals surface area (Å²) in [6, 6.07) is 19.7. The smallest absolute Gasteiger partial charge is 0.421 e. The van der Waals surface area contributed by atoms with E-state index in [1.165, 1.54) is 20.8 Å². The van der Waals surface area contributed by atoms with Crippen molar-refractivity contribution >= 4 is 11.7 Å². The van der Waals surface area contributed by atoms with Gasteiger partial charge in [0.05, 0.1) is 0 Å². The lowest BCUT2D eigenvalue weighted by molar-refractivity contribution is -0.128. The van der Waals surface area contributed by atoms with E-state index in [1.807, 2.05) is 65.6 Å². The standard InChI is InChI=1S/C22H26FN3O2/c1-17(27)21(25-24)28-22(2,3)20(23)16-26(14-18-10-6-4-7-11-18)15-19-12-8-5-9-13-19/h4-13,20H,14-16H2,1-3H3/t20-/m0/s1. The zero-order chi connectivity index (χ0) is 20.6. The average Bonchev–Trinajstić information content (AvgIpc) is 2.67. The van der Waals surface area contributed by atoms with E-state index < -0.39 is 23.5 Å². The monoisotopic (exact) mass is 383 g/mol. The summed E-state index contributed by atoms with van der Waals surface area (Å²) in [6.45, 7) is 5.51. The van der Waals surface area contributed by atoms with Gasteiger partial charge in [-0.1, -0.05) is 60.7 Å². The topological polar surface area (TPSA) is 65.9 Å². The molecule has 0 unspecified atom stereocenters. The highest BCUT2D eigenvalue weighted by Gasteiger charge is 2.38. The van der Waals surface area contributed by atoms with Gasteiger partial charge in [0.15, 0.2) is 6.17 Å². The number of nitrogens with zero attached hydrogens (tertiary/aromatic N) is 3. The van der Waals surface area contributed by atoms with Gasteiger partial charge >= 0.3 is 5.90 Å². The first-order chi connectivity index (χ1) is 13.3. The van der Waals surface area contributed by atoms with Crippen molar-refractivity contribution in [1.82, 2.24) is 4.90 Å². The highest BCUT2D eigenvalue weighted by Crippen LogP contribution is 2.22. The molecule has 2 aromatic rings. The first-order valence-corrected chi connectivity index (χ1v) is 9.18. The van der Waals surface area contributed by atoms with Crippen LogP contribution in [0.25, 0.3) is 5.53 Å². The van der Waals surface area contributed by atoms with Crippen LogP contribution in [-0.2, 0) is 22.6 Å². The summed E-state index contributed by atoms with van der Waals surface area (Å²) in [4.78, 5) is 16.3. The van der Waals surface area contributed by atoms with Crippen molar-refractivity contribution in [2.24, 2.45) is 0 Å². The maximum Gasteiger partial charge on any atom is 0.519 e. The molecule has 0 aromatic heterocycles. The predicted octanol–water partition coefficient (Wildman–Crippen LogP) is 4.04. The Hall–Kier alpha value is -2.82. The van der Waals surface area contributed by atoms with Crippen LogP contribution < -0.4 is 0 Å². The number of hydrogen-bond donors (Lipinski definition) is 0. The van der Waals surface area contributed by atoms with Gasteiger partial charge in [-0.15, -0.1) is 4.79 Å². The largest absolute Gasteiger partial charge is 0.519 e. The van der Waals surface area contributed by atoms with Crippen molar-refractivity contribution in [3.63, 3.8) is 0 Å². The Morgan fingerprint density at radius 2 is 1.54 bits per heavy atom. The number of rotatable bonds is 9. The average molecular weight is 383 g/mol. The van der Waals surface area contributed by atoms with Crippen LogP contribution in [0.15, 0.2) is 60.7 Å². The summed E-state index contributed by atoms with van der Waals surface area (Å²) in [6.07, 6.45) is -1.42. The molecule has 0 bridgehead atoms. The van der Waals surface area contributed by atoms with Crippen molar-refractivity contribution in [3.8, 4) is 0 Å². The van der Waals surface area contributed by atoms with Crippen LogP contribution in [0.2, 0.25) is 0 Å². The van der Waals surface area contributed by atoms with E-state index in [-0.39, 0.29) is 6.54 Å². The van der Waals surface area contributed by atoms with E-state index in [1.54, 1.807) is 0 Å². The summed E-state index contributed by atoms with van der Waals surface area (Å²) >= 11 is 0. The molecule has 0 aliphatic rings. The van der Waals surface area contributed by atoms with Gasteiger partial charge < -0.3 is 10.3 Å². The Morgan fingerprint density at radius 3 is 1.93 bits per heavy atom. The van der Waals surface area contributed by atoms with Crippen LogP contribution >= 0.6 is 0 Å². The molecule has 0 aliphatic heterocycles. The van der Waals surface area contributed by atoms with Crippen LogP contribution in [0, 0.1) is 0 Å². The lowest BCUT2D eigenvalue weighted by Crippen LogP contribution is -2.46. The third kappa shape index (κ3) is 6.41. The number of carbonyl (C=O) groups excluding carboxylic acids is 1. The fraction of sp³-hybridized carbons (Fsp3) is 0.364. The Bertz CT molecular complexity index is 777. The van der Waals surface area contributed by atoms with Crippen molar-refractivity contribution in [2.45, 2.75) is 45.6 Å². The van der Waals surface area contributed by atoms with Gasteiger partial charge in [-0.3, -0.25) is 9.69 Å². The number of Topliss-reactive ketones (excluding diaryl/α,β-unsaturated/α-hetero) is 1. The first kappa shape index (κ1) is 21.5. The van der Waals surface area contributed by atoms with Crippen LogP contribution in [-0.4, -0.2) is 39.7 Å². The molecule has 0 heterocycles. The van der Waals surface area contributed by atoms with Crippen molar-refractivity contribution < 1.29 is 18.7 Å². The molecule has 0 radical (unpaired) electrons. The molecule has 0 saturated carbocycles. The van der Waals surface area contributed by atoms with Crippen molar-refractivity contribution in [2.75, 3.05) is 6.54 Å². The number of halogens is 1. The molecular formula is C22H26FN3O2. The molecule has 0 fully saturated rings. The molecule has 0 spiro atoms. The van der Waals surface area contributed by atoms with Gasteiger partial charge in [0.1, 0.15) is 5.60 Å². The summed E-state index contributed by atoms with van der Waals surface area (Å²) in [7, 11) is 0. The Labute approximate surface area is 165 Å². The molecule has 6 heteroatoms. The number of ether oxygens (including phenoxy) is 1. The van der Waals surface area contributed by atoms with Crippen molar-refractivity contribution in [3.05, 3.63) is 77.3 Å². The molecule has 2 aromatic carbocycles. The van der Waals surface area contributed by atoms with E-state index in [0.717, 1.165) is 11.1 Å². The predicted molar refractivity (Wildman–Crippen MR) is 106 cm³/mol. The molecule has 28 heavy (non-hydrogen) atoms. The number of carbonyl (C=O) groups is 1. The summed E-state index contributed by atoms with van der Waals surface area (Å²) in [5.74, 6) is -1.06. The molecule has 2 rings (SSSR count).